The second kappa shape index (κ2) is 4.53. The third-order valence-corrected chi connectivity index (χ3v) is 2.59. The smallest absolute Gasteiger partial charge is 0.372 e. The molecular weight excluding hydrogens is 220 g/mol. The van der Waals surface area contributed by atoms with Gasteiger partial charge >= 0.3 is 11.4 Å². The number of aryl methyl sites for hydroxylation is 1. The van der Waals surface area contributed by atoms with E-state index >= 15 is 0 Å². The lowest BCUT2D eigenvalue weighted by atomic mass is 10.1. The number of nitrogens with zero attached hydrogens (tertiary/aromatic N) is 2. The molecule has 17 heavy (non-hydrogen) atoms. The maximum atomic E-state index is 11.6. The number of pyridine rings is 1. The molecule has 0 radical (unpaired) electrons. The van der Waals surface area contributed by atoms with Crippen LogP contribution in [0.3, 0.4) is 0 Å². The summed E-state index contributed by atoms with van der Waals surface area (Å²) in [5, 5.41) is 0.343. The van der Waals surface area contributed by atoms with Gasteiger partial charge in [-0.25, -0.2) is 14.6 Å². The fraction of sp³-hybridized carbons (Fsp3) is 0.417. The first-order chi connectivity index (χ1) is 8.09. The highest BCUT2D eigenvalue weighted by Gasteiger charge is 2.10. The van der Waals surface area contributed by atoms with Crippen LogP contribution in [0.2, 0.25) is 0 Å². The molecule has 0 aliphatic heterocycles. The van der Waals surface area contributed by atoms with Crippen LogP contribution in [0.15, 0.2) is 32.3 Å². The number of hydrogen-bond acceptors (Lipinski definition) is 4. The van der Waals surface area contributed by atoms with Crippen LogP contribution in [-0.2, 0) is 6.54 Å². The predicted molar refractivity (Wildman–Crippen MR) is 64.0 cm³/mol. The normalized spacial score (nSPS) is 11.2. The minimum absolute atomic E-state index is 0.343. The van der Waals surface area contributed by atoms with E-state index in [4.69, 9.17) is 0 Å². The van der Waals surface area contributed by atoms with Crippen molar-refractivity contribution in [3.05, 3.63) is 39.3 Å². The van der Waals surface area contributed by atoms with Crippen LogP contribution >= 0.6 is 0 Å². The van der Waals surface area contributed by atoms with E-state index in [0.29, 0.717) is 23.5 Å². The van der Waals surface area contributed by atoms with E-state index in [0.717, 1.165) is 6.42 Å². The Kier molecular flexibility index (Phi) is 3.08. The van der Waals surface area contributed by atoms with Crippen molar-refractivity contribution in [2.45, 2.75) is 26.8 Å². The minimum Gasteiger partial charge on any atom is -0.372 e. The van der Waals surface area contributed by atoms with Crippen LogP contribution in [0.5, 0.6) is 0 Å². The number of hydrogen-bond donors (Lipinski definition) is 0. The maximum absolute atomic E-state index is 11.6. The predicted octanol–water partition coefficient (Wildman–Crippen LogP) is 1.40. The fourth-order valence-corrected chi connectivity index (χ4v) is 1.63. The molecule has 0 fully saturated rings. The largest absolute Gasteiger partial charge is 0.423 e. The molecule has 0 unspecified atom stereocenters. The molecule has 0 atom stereocenters. The quantitative estimate of drug-likeness (QED) is 0.805. The first-order valence-electron chi connectivity index (χ1n) is 5.58. The van der Waals surface area contributed by atoms with Crippen molar-refractivity contribution >= 4 is 11.0 Å². The van der Waals surface area contributed by atoms with Gasteiger partial charge in [0, 0.05) is 12.7 Å². The lowest BCUT2D eigenvalue weighted by Crippen LogP contribution is -2.26. The molecule has 0 aromatic carbocycles. The molecule has 90 valence electrons. The molecule has 2 aromatic heterocycles. The maximum Gasteiger partial charge on any atom is 0.423 e. The molecule has 2 aromatic rings. The Morgan fingerprint density at radius 3 is 2.88 bits per heavy atom. The van der Waals surface area contributed by atoms with Gasteiger partial charge in [0.05, 0.1) is 0 Å². The van der Waals surface area contributed by atoms with Crippen LogP contribution < -0.4 is 11.4 Å². The van der Waals surface area contributed by atoms with Gasteiger partial charge < -0.3 is 4.42 Å². The Hall–Kier alpha value is -1.91. The average Bonchev–Trinajstić information content (AvgIpc) is 2.28. The molecule has 5 heteroatoms. The third kappa shape index (κ3) is 2.27. The van der Waals surface area contributed by atoms with E-state index in [-0.39, 0.29) is 0 Å². The Bertz CT molecular complexity index is 640. The molecule has 0 aliphatic rings. The lowest BCUT2D eigenvalue weighted by molar-refractivity contribution is 0.398. The zero-order chi connectivity index (χ0) is 12.4. The first-order valence-corrected chi connectivity index (χ1v) is 5.58. The van der Waals surface area contributed by atoms with Gasteiger partial charge in [0.1, 0.15) is 5.39 Å². The van der Waals surface area contributed by atoms with E-state index in [9.17, 15) is 9.59 Å². The summed E-state index contributed by atoms with van der Waals surface area (Å²) in [6.07, 6.45) is 2.40. The molecule has 0 aliphatic carbocycles. The highest BCUT2D eigenvalue weighted by Crippen LogP contribution is 2.07. The van der Waals surface area contributed by atoms with Crippen LogP contribution in [-0.4, -0.2) is 9.55 Å². The van der Waals surface area contributed by atoms with E-state index in [2.05, 4.69) is 23.2 Å². The monoisotopic (exact) mass is 234 g/mol. The Morgan fingerprint density at radius 2 is 2.18 bits per heavy atom. The first kappa shape index (κ1) is 11.6. The molecular formula is C12H14N2O3. The zero-order valence-corrected chi connectivity index (χ0v) is 9.84. The molecule has 0 bridgehead atoms. The van der Waals surface area contributed by atoms with Crippen molar-refractivity contribution < 1.29 is 4.42 Å². The van der Waals surface area contributed by atoms with Gasteiger partial charge in [0.25, 0.3) is 0 Å². The van der Waals surface area contributed by atoms with Gasteiger partial charge in [-0.3, -0.25) is 4.57 Å². The molecule has 0 saturated carbocycles. The second-order valence-electron chi connectivity index (χ2n) is 4.36. The van der Waals surface area contributed by atoms with Crippen LogP contribution in [0.4, 0.5) is 0 Å². The van der Waals surface area contributed by atoms with Crippen LogP contribution in [0, 0.1) is 5.92 Å². The van der Waals surface area contributed by atoms with Gasteiger partial charge in [-0.05, 0) is 24.5 Å². The molecule has 0 saturated heterocycles. The number of aromatic nitrogens is 2. The van der Waals surface area contributed by atoms with Crippen molar-refractivity contribution in [3.8, 4) is 0 Å². The van der Waals surface area contributed by atoms with Gasteiger partial charge in [-0.2, -0.15) is 0 Å². The lowest BCUT2D eigenvalue weighted by Gasteiger charge is -2.08. The van der Waals surface area contributed by atoms with Gasteiger partial charge in [0.2, 0.25) is 0 Å². The fourth-order valence-electron chi connectivity index (χ4n) is 1.63. The van der Waals surface area contributed by atoms with E-state index in [1.165, 1.54) is 4.57 Å². The van der Waals surface area contributed by atoms with E-state index < -0.39 is 11.4 Å². The Labute approximate surface area is 97.7 Å². The van der Waals surface area contributed by atoms with Crippen molar-refractivity contribution in [2.24, 2.45) is 5.92 Å². The summed E-state index contributed by atoms with van der Waals surface area (Å²) < 4.78 is 6.08. The third-order valence-electron chi connectivity index (χ3n) is 2.59. The van der Waals surface area contributed by atoms with Gasteiger partial charge in [-0.1, -0.05) is 13.8 Å². The summed E-state index contributed by atoms with van der Waals surface area (Å²) in [7, 11) is 0. The average molecular weight is 234 g/mol. The molecule has 0 spiro atoms. The Balaban J connectivity index is 2.61. The summed E-state index contributed by atoms with van der Waals surface area (Å²) in [5.74, 6) is -0.172. The van der Waals surface area contributed by atoms with Crippen LogP contribution in [0.25, 0.3) is 11.0 Å². The number of fused-ring (bicyclic) bond motifs is 1. The Morgan fingerprint density at radius 1 is 1.41 bits per heavy atom. The van der Waals surface area contributed by atoms with E-state index in [1.807, 2.05) is 0 Å². The van der Waals surface area contributed by atoms with Crippen LogP contribution in [0.1, 0.15) is 20.3 Å². The summed E-state index contributed by atoms with van der Waals surface area (Å²) in [6.45, 7) is 4.65. The molecule has 2 heterocycles. The van der Waals surface area contributed by atoms with Crippen molar-refractivity contribution in [1.82, 2.24) is 9.55 Å². The topological polar surface area (TPSA) is 65.1 Å². The summed E-state index contributed by atoms with van der Waals surface area (Å²) in [5.41, 5.74) is -0.228. The van der Waals surface area contributed by atoms with Crippen molar-refractivity contribution in [2.75, 3.05) is 0 Å². The standard InChI is InChI=1S/C12H14N2O3/c1-8(2)5-7-14-10-9(4-3-6-13-10)11(15)17-12(14)16/h3-4,6,8H,5,7H2,1-2H3. The summed E-state index contributed by atoms with van der Waals surface area (Å²) >= 11 is 0. The number of rotatable bonds is 3. The molecule has 5 nitrogen and oxygen atoms in total. The SMILES string of the molecule is CC(C)CCn1c(=O)oc(=O)c2cccnc21. The zero-order valence-electron chi connectivity index (χ0n) is 9.84. The van der Waals surface area contributed by atoms with Crippen molar-refractivity contribution in [1.29, 1.82) is 0 Å². The molecule has 0 amide bonds. The summed E-state index contributed by atoms with van der Waals surface area (Å²) in [4.78, 5) is 27.2. The summed E-state index contributed by atoms with van der Waals surface area (Å²) in [6, 6.07) is 3.26. The van der Waals surface area contributed by atoms with Gasteiger partial charge in [0.15, 0.2) is 5.65 Å². The minimum atomic E-state index is -0.637. The highest BCUT2D eigenvalue weighted by atomic mass is 16.4. The highest BCUT2D eigenvalue weighted by molar-refractivity contribution is 5.72. The van der Waals surface area contributed by atoms with Crippen molar-refractivity contribution in [3.63, 3.8) is 0 Å². The molecule has 2 rings (SSSR count). The van der Waals surface area contributed by atoms with E-state index in [1.54, 1.807) is 18.3 Å². The van der Waals surface area contributed by atoms with Gasteiger partial charge in [-0.15, -0.1) is 0 Å². The second-order valence-corrected chi connectivity index (χ2v) is 4.36. The molecule has 0 N–H and O–H groups in total.